The minimum absolute atomic E-state index is 0.0383. The monoisotopic (exact) mass is 444 g/mol. The zero-order valence-corrected chi connectivity index (χ0v) is 16.2. The number of hydrogen-bond donors (Lipinski definition) is 2. The topological polar surface area (TPSA) is 50.4 Å². The molecule has 0 saturated carbocycles. The third kappa shape index (κ3) is 2.55. The number of methoxy groups -OCH3 is 1. The number of thiophene rings is 1. The van der Waals surface area contributed by atoms with Gasteiger partial charge in [-0.1, -0.05) is 0 Å². The van der Waals surface area contributed by atoms with Crippen molar-refractivity contribution in [2.75, 3.05) is 12.4 Å². The van der Waals surface area contributed by atoms with Crippen LogP contribution in [0.25, 0.3) is 0 Å². The molecule has 0 aliphatic carbocycles. The largest absolute Gasteiger partial charge is 0.494 e. The molecule has 1 aromatic heterocycles. The quantitative estimate of drug-likeness (QED) is 0.700. The van der Waals surface area contributed by atoms with Crippen LogP contribution in [0.15, 0.2) is 21.1 Å². The first-order valence-electron chi connectivity index (χ1n) is 6.62. The minimum Gasteiger partial charge on any atom is -0.494 e. The van der Waals surface area contributed by atoms with E-state index in [0.29, 0.717) is 0 Å². The highest BCUT2D eigenvalue weighted by molar-refractivity contribution is 9.11. The van der Waals surface area contributed by atoms with Crippen molar-refractivity contribution in [1.82, 2.24) is 5.32 Å². The van der Waals surface area contributed by atoms with Crippen molar-refractivity contribution >= 4 is 54.1 Å². The second-order valence-electron chi connectivity index (χ2n) is 5.06. The van der Waals surface area contributed by atoms with Crippen molar-refractivity contribution in [3.8, 4) is 5.75 Å². The maximum atomic E-state index is 12.4. The van der Waals surface area contributed by atoms with E-state index >= 15 is 0 Å². The molecule has 1 unspecified atom stereocenters. The lowest BCUT2D eigenvalue weighted by Gasteiger charge is -2.27. The summed E-state index contributed by atoms with van der Waals surface area (Å²) >= 11 is 8.60. The van der Waals surface area contributed by atoms with Crippen LogP contribution in [0.2, 0.25) is 0 Å². The summed E-state index contributed by atoms with van der Waals surface area (Å²) in [5.74, 6) is 0.693. The molecule has 0 fully saturated rings. The molecule has 2 aromatic rings. The van der Waals surface area contributed by atoms with Gasteiger partial charge >= 0.3 is 0 Å². The van der Waals surface area contributed by atoms with E-state index in [1.54, 1.807) is 18.4 Å². The summed E-state index contributed by atoms with van der Waals surface area (Å²) in [7, 11) is 1.62. The number of carbonyl (C=O) groups excluding carboxylic acids is 1. The van der Waals surface area contributed by atoms with Gasteiger partial charge in [-0.15, -0.1) is 11.3 Å². The van der Waals surface area contributed by atoms with Gasteiger partial charge in [-0.3, -0.25) is 4.79 Å². The number of carbonyl (C=O) groups is 1. The Balaban J connectivity index is 2.00. The summed E-state index contributed by atoms with van der Waals surface area (Å²) in [6, 6.07) is 3.89. The lowest BCUT2D eigenvalue weighted by Crippen LogP contribution is -2.38. The molecule has 1 amide bonds. The molecule has 1 aromatic carbocycles. The predicted octanol–water partition coefficient (Wildman–Crippen LogP) is 4.75. The Labute approximate surface area is 149 Å². The second kappa shape index (κ2) is 5.86. The number of anilines is 1. The highest BCUT2D eigenvalue weighted by Crippen LogP contribution is 2.40. The van der Waals surface area contributed by atoms with Crippen LogP contribution < -0.4 is 15.4 Å². The van der Waals surface area contributed by atoms with Crippen molar-refractivity contribution < 1.29 is 9.53 Å². The molecule has 3 rings (SSSR count). The van der Waals surface area contributed by atoms with Gasteiger partial charge in [0.25, 0.3) is 5.91 Å². The van der Waals surface area contributed by atoms with E-state index in [0.717, 1.165) is 41.3 Å². The van der Waals surface area contributed by atoms with Gasteiger partial charge in [0.2, 0.25) is 0 Å². The van der Waals surface area contributed by atoms with Gasteiger partial charge in [-0.2, -0.15) is 0 Å². The number of fused-ring (bicyclic) bond motifs is 1. The fourth-order valence-electron chi connectivity index (χ4n) is 2.48. The lowest BCUT2D eigenvalue weighted by molar-refractivity contribution is 0.0936. The Hall–Kier alpha value is -1.05. The molecule has 22 heavy (non-hydrogen) atoms. The van der Waals surface area contributed by atoms with E-state index in [-0.39, 0.29) is 12.1 Å². The van der Waals surface area contributed by atoms with E-state index < -0.39 is 0 Å². The first-order valence-corrected chi connectivity index (χ1v) is 9.03. The standard InChI is InChI=1S/C15H14Br2N2O2S/c1-6-7(2)22-15-11(6)14(20)18-13(19-15)8-4-9(16)12(21-3)10(17)5-8/h4-5,13,19H,1-3H3,(H,18,20). The third-order valence-corrected chi connectivity index (χ3v) is 6.04. The molecule has 2 N–H and O–H groups in total. The average molecular weight is 446 g/mol. The molecule has 0 spiro atoms. The Morgan fingerprint density at radius 3 is 2.41 bits per heavy atom. The molecule has 4 nitrogen and oxygen atoms in total. The lowest BCUT2D eigenvalue weighted by atomic mass is 10.1. The number of hydrogen-bond acceptors (Lipinski definition) is 4. The summed E-state index contributed by atoms with van der Waals surface area (Å²) in [6.45, 7) is 4.01. The summed E-state index contributed by atoms with van der Waals surface area (Å²) < 4.78 is 6.98. The van der Waals surface area contributed by atoms with E-state index in [1.165, 1.54) is 0 Å². The number of nitrogens with one attached hydrogen (secondary N) is 2. The minimum atomic E-state index is -0.268. The summed E-state index contributed by atoms with van der Waals surface area (Å²) in [5, 5.41) is 7.33. The molecule has 116 valence electrons. The maximum absolute atomic E-state index is 12.4. The predicted molar refractivity (Wildman–Crippen MR) is 96.0 cm³/mol. The van der Waals surface area contributed by atoms with Crippen molar-refractivity contribution in [2.24, 2.45) is 0 Å². The zero-order valence-electron chi connectivity index (χ0n) is 12.2. The van der Waals surface area contributed by atoms with Gasteiger partial charge in [0.15, 0.2) is 0 Å². The van der Waals surface area contributed by atoms with Gasteiger partial charge in [-0.25, -0.2) is 0 Å². The highest BCUT2D eigenvalue weighted by atomic mass is 79.9. The normalized spacial score (nSPS) is 16.8. The SMILES string of the molecule is COc1c(Br)cc(C2NC(=O)c3c(sc(C)c3C)N2)cc1Br. The third-order valence-electron chi connectivity index (χ3n) is 3.72. The summed E-state index contributed by atoms with van der Waals surface area (Å²) in [5.41, 5.74) is 2.74. The van der Waals surface area contributed by atoms with Crippen molar-refractivity contribution in [3.63, 3.8) is 0 Å². The summed E-state index contributed by atoms with van der Waals surface area (Å²) in [6.07, 6.45) is -0.268. The molecule has 1 aliphatic rings. The van der Waals surface area contributed by atoms with Crippen molar-refractivity contribution in [1.29, 1.82) is 0 Å². The van der Waals surface area contributed by atoms with Crippen LogP contribution in [0.3, 0.4) is 0 Å². The first-order chi connectivity index (χ1) is 10.4. The Kier molecular flexibility index (Phi) is 4.22. The van der Waals surface area contributed by atoms with E-state index in [1.807, 2.05) is 26.0 Å². The molecule has 0 radical (unpaired) electrons. The molecule has 0 bridgehead atoms. The van der Waals surface area contributed by atoms with Gasteiger partial charge in [0.05, 0.1) is 21.6 Å². The van der Waals surface area contributed by atoms with Crippen LogP contribution in [0.1, 0.15) is 32.5 Å². The Bertz CT molecular complexity index is 750. The molecule has 0 saturated heterocycles. The van der Waals surface area contributed by atoms with Crippen LogP contribution in [0.4, 0.5) is 5.00 Å². The van der Waals surface area contributed by atoms with Gasteiger partial charge in [0, 0.05) is 4.88 Å². The fraction of sp³-hybridized carbons (Fsp3) is 0.267. The molecule has 2 heterocycles. The smallest absolute Gasteiger partial charge is 0.256 e. The molecule has 7 heteroatoms. The van der Waals surface area contributed by atoms with Gasteiger partial charge in [-0.05, 0) is 69.0 Å². The Morgan fingerprint density at radius 2 is 1.82 bits per heavy atom. The van der Waals surface area contributed by atoms with E-state index in [4.69, 9.17) is 4.74 Å². The highest BCUT2D eigenvalue weighted by Gasteiger charge is 2.29. The first kappa shape index (κ1) is 15.8. The number of amides is 1. The number of rotatable bonds is 2. The number of ether oxygens (including phenoxy) is 1. The van der Waals surface area contributed by atoms with Crippen LogP contribution in [0.5, 0.6) is 5.75 Å². The zero-order chi connectivity index (χ0) is 16.0. The van der Waals surface area contributed by atoms with Crippen LogP contribution in [-0.2, 0) is 0 Å². The van der Waals surface area contributed by atoms with E-state index in [9.17, 15) is 4.79 Å². The van der Waals surface area contributed by atoms with Crippen LogP contribution in [-0.4, -0.2) is 13.0 Å². The van der Waals surface area contributed by atoms with E-state index in [2.05, 4.69) is 42.5 Å². The van der Waals surface area contributed by atoms with Gasteiger partial charge < -0.3 is 15.4 Å². The second-order valence-corrected chi connectivity index (χ2v) is 7.99. The van der Waals surface area contributed by atoms with Gasteiger partial charge in [0.1, 0.15) is 16.9 Å². The van der Waals surface area contributed by atoms with Crippen LogP contribution in [0, 0.1) is 13.8 Å². The number of aryl methyl sites for hydroxylation is 1. The van der Waals surface area contributed by atoms with Crippen LogP contribution >= 0.6 is 43.2 Å². The number of benzene rings is 1. The van der Waals surface area contributed by atoms with Crippen molar-refractivity contribution in [2.45, 2.75) is 20.0 Å². The Morgan fingerprint density at radius 1 is 1.18 bits per heavy atom. The molecule has 1 atom stereocenters. The van der Waals surface area contributed by atoms with Crippen molar-refractivity contribution in [3.05, 3.63) is 42.6 Å². The fourth-order valence-corrected chi connectivity index (χ4v) is 5.11. The molecular formula is C15H14Br2N2O2S. The maximum Gasteiger partial charge on any atom is 0.256 e. The molecule has 1 aliphatic heterocycles. The summed E-state index contributed by atoms with van der Waals surface area (Å²) in [4.78, 5) is 13.6. The number of halogens is 2. The molecular weight excluding hydrogens is 432 g/mol. The average Bonchev–Trinajstić information content (AvgIpc) is 2.74.